The molecule has 5 rings (SSSR count). The number of esters is 1. The first kappa shape index (κ1) is 24.6. The molecular formula is C25H25N5O6S. The number of nitrogens with one attached hydrogen (secondary N) is 1. The lowest BCUT2D eigenvalue weighted by atomic mass is 9.95. The molecule has 1 N–H and O–H groups in total. The standard InChI is InChI=1S/C25H25N5O6S/c1-25(15-29-18(14-27-28-29)23(32)26-2)22(30-19(31)13-20(30)37(25,34)35)24(33)36-21(16-9-5-3-6-10-16)17-11-7-4-8-12-17/h3-12,14,20-22H,13,15H2,1-2H3,(H,26,32)/t20-,22-,25-/m0/s1. The summed E-state index contributed by atoms with van der Waals surface area (Å²) in [6.45, 7) is 1.01. The summed E-state index contributed by atoms with van der Waals surface area (Å²) in [6, 6.07) is 16.7. The Kier molecular flexibility index (Phi) is 6.06. The number of carbonyl (C=O) groups is 3. The molecule has 0 spiro atoms. The van der Waals surface area contributed by atoms with E-state index in [0.29, 0.717) is 11.1 Å². The quantitative estimate of drug-likeness (QED) is 0.358. The normalized spacial score (nSPS) is 23.9. The molecule has 0 unspecified atom stereocenters. The maximum absolute atomic E-state index is 13.8. The SMILES string of the molecule is CNC(=O)c1cnnn1C[C@@]1(C)[C@H](C(=O)OC(c2ccccc2)c2ccccc2)N2C(=O)C[C@@H]2S1(=O)=O. The van der Waals surface area contributed by atoms with Gasteiger partial charge in [-0.1, -0.05) is 65.9 Å². The van der Waals surface area contributed by atoms with Crippen LogP contribution in [0, 0.1) is 0 Å². The lowest BCUT2D eigenvalue weighted by Crippen LogP contribution is -2.58. The first-order chi connectivity index (χ1) is 17.7. The predicted octanol–water partition coefficient (Wildman–Crippen LogP) is 1.08. The number of hydrogen-bond acceptors (Lipinski definition) is 8. The van der Waals surface area contributed by atoms with Crippen LogP contribution in [0.5, 0.6) is 0 Å². The molecule has 0 aliphatic carbocycles. The molecule has 11 nitrogen and oxygen atoms in total. The van der Waals surface area contributed by atoms with Crippen molar-refractivity contribution in [3.05, 3.63) is 83.7 Å². The Morgan fingerprint density at radius 3 is 2.24 bits per heavy atom. The number of ether oxygens (including phenoxy) is 1. The summed E-state index contributed by atoms with van der Waals surface area (Å²) < 4.78 is 32.7. The van der Waals surface area contributed by atoms with Gasteiger partial charge in [-0.25, -0.2) is 17.9 Å². The molecule has 2 aliphatic heterocycles. The summed E-state index contributed by atoms with van der Waals surface area (Å²) in [4.78, 5) is 39.8. The van der Waals surface area contributed by atoms with Gasteiger partial charge in [0.25, 0.3) is 5.91 Å². The fraction of sp³-hybridized carbons (Fsp3) is 0.320. The highest BCUT2D eigenvalue weighted by molar-refractivity contribution is 7.93. The van der Waals surface area contributed by atoms with E-state index in [1.807, 2.05) is 36.4 Å². The van der Waals surface area contributed by atoms with Gasteiger partial charge in [0, 0.05) is 7.05 Å². The molecule has 2 saturated heterocycles. The molecule has 1 aromatic heterocycles. The number of nitrogens with zero attached hydrogens (tertiary/aromatic N) is 4. The zero-order chi connectivity index (χ0) is 26.4. The number of β-lactam (4-membered cyclic amide) rings is 1. The van der Waals surface area contributed by atoms with Crippen molar-refractivity contribution in [3.8, 4) is 0 Å². The Balaban J connectivity index is 1.55. The van der Waals surface area contributed by atoms with Crippen LogP contribution >= 0.6 is 0 Å². The molecule has 3 atom stereocenters. The van der Waals surface area contributed by atoms with Gasteiger partial charge >= 0.3 is 5.97 Å². The van der Waals surface area contributed by atoms with Crippen LogP contribution in [-0.2, 0) is 30.7 Å². The number of carbonyl (C=O) groups excluding carboxylic acids is 3. The second-order valence-electron chi connectivity index (χ2n) is 9.21. The Morgan fingerprint density at radius 2 is 1.70 bits per heavy atom. The van der Waals surface area contributed by atoms with Gasteiger partial charge in [-0.2, -0.15) is 0 Å². The van der Waals surface area contributed by atoms with E-state index in [2.05, 4.69) is 15.6 Å². The highest BCUT2D eigenvalue weighted by Gasteiger charge is 2.70. The van der Waals surface area contributed by atoms with Crippen LogP contribution in [0.2, 0.25) is 0 Å². The maximum Gasteiger partial charge on any atom is 0.331 e. The minimum Gasteiger partial charge on any atom is -0.451 e. The summed E-state index contributed by atoms with van der Waals surface area (Å²) >= 11 is 0. The van der Waals surface area contributed by atoms with Crippen molar-refractivity contribution in [3.63, 3.8) is 0 Å². The van der Waals surface area contributed by atoms with Crippen molar-refractivity contribution in [2.45, 2.75) is 42.2 Å². The Hall–Kier alpha value is -4.06. The van der Waals surface area contributed by atoms with Gasteiger partial charge in [-0.05, 0) is 18.1 Å². The summed E-state index contributed by atoms with van der Waals surface area (Å²) in [5.74, 6) is -1.84. The summed E-state index contributed by atoms with van der Waals surface area (Å²) in [6.07, 6.45) is 0.158. The fourth-order valence-corrected chi connectivity index (χ4v) is 7.36. The number of hydrogen-bond donors (Lipinski definition) is 1. The van der Waals surface area contributed by atoms with E-state index in [4.69, 9.17) is 4.74 Å². The lowest BCUT2D eigenvalue weighted by Gasteiger charge is -2.37. The fourth-order valence-electron chi connectivity index (χ4n) is 5.01. The third-order valence-electron chi connectivity index (χ3n) is 7.02. The molecule has 37 heavy (non-hydrogen) atoms. The van der Waals surface area contributed by atoms with Gasteiger partial charge < -0.3 is 15.0 Å². The van der Waals surface area contributed by atoms with E-state index in [9.17, 15) is 22.8 Å². The average molecular weight is 524 g/mol. The smallest absolute Gasteiger partial charge is 0.331 e. The summed E-state index contributed by atoms with van der Waals surface area (Å²) in [7, 11) is -2.64. The number of sulfone groups is 1. The van der Waals surface area contributed by atoms with Gasteiger partial charge in [0.05, 0.1) is 19.2 Å². The van der Waals surface area contributed by atoms with Crippen molar-refractivity contribution in [2.24, 2.45) is 0 Å². The number of benzene rings is 2. The van der Waals surface area contributed by atoms with E-state index in [-0.39, 0.29) is 18.7 Å². The highest BCUT2D eigenvalue weighted by Crippen LogP contribution is 2.47. The van der Waals surface area contributed by atoms with Crippen LogP contribution in [-0.4, -0.2) is 69.3 Å². The molecule has 0 saturated carbocycles. The van der Waals surface area contributed by atoms with Gasteiger partial charge in [-0.15, -0.1) is 5.10 Å². The topological polar surface area (TPSA) is 141 Å². The first-order valence-corrected chi connectivity index (χ1v) is 13.2. The third kappa shape index (κ3) is 3.88. The molecule has 192 valence electrons. The van der Waals surface area contributed by atoms with Crippen molar-refractivity contribution >= 4 is 27.6 Å². The van der Waals surface area contributed by atoms with E-state index >= 15 is 0 Å². The van der Waals surface area contributed by atoms with E-state index in [1.165, 1.54) is 20.2 Å². The molecule has 2 fully saturated rings. The zero-order valence-electron chi connectivity index (χ0n) is 20.1. The highest BCUT2D eigenvalue weighted by atomic mass is 32.2. The van der Waals surface area contributed by atoms with Crippen LogP contribution in [0.15, 0.2) is 66.9 Å². The van der Waals surface area contributed by atoms with Crippen molar-refractivity contribution < 1.29 is 27.5 Å². The van der Waals surface area contributed by atoms with Crippen molar-refractivity contribution in [2.75, 3.05) is 7.05 Å². The van der Waals surface area contributed by atoms with Gasteiger partial charge in [0.15, 0.2) is 22.0 Å². The maximum atomic E-state index is 13.8. The van der Waals surface area contributed by atoms with E-state index in [0.717, 1.165) is 9.58 Å². The number of fused-ring (bicyclic) bond motifs is 1. The third-order valence-corrected chi connectivity index (χ3v) is 9.78. The second-order valence-corrected chi connectivity index (χ2v) is 11.8. The average Bonchev–Trinajstić information content (AvgIpc) is 3.41. The van der Waals surface area contributed by atoms with Gasteiger partial charge in [-0.3, -0.25) is 9.59 Å². The largest absolute Gasteiger partial charge is 0.451 e. The van der Waals surface area contributed by atoms with Crippen LogP contribution < -0.4 is 5.32 Å². The molecule has 0 bridgehead atoms. The van der Waals surface area contributed by atoms with Gasteiger partial charge in [0.2, 0.25) is 5.91 Å². The van der Waals surface area contributed by atoms with Crippen LogP contribution in [0.4, 0.5) is 0 Å². The Morgan fingerprint density at radius 1 is 1.11 bits per heavy atom. The molecular weight excluding hydrogens is 498 g/mol. The molecule has 12 heteroatoms. The first-order valence-electron chi connectivity index (χ1n) is 11.6. The number of amides is 2. The second kappa shape index (κ2) is 9.11. The lowest BCUT2D eigenvalue weighted by molar-refractivity contribution is -0.164. The minimum atomic E-state index is -4.06. The predicted molar refractivity (Wildman–Crippen MR) is 131 cm³/mol. The van der Waals surface area contributed by atoms with Crippen LogP contribution in [0.25, 0.3) is 0 Å². The van der Waals surface area contributed by atoms with Crippen molar-refractivity contribution in [1.29, 1.82) is 0 Å². The van der Waals surface area contributed by atoms with Crippen molar-refractivity contribution in [1.82, 2.24) is 25.2 Å². The Labute approximate surface area is 213 Å². The zero-order valence-corrected chi connectivity index (χ0v) is 21.0. The minimum absolute atomic E-state index is 0.0260. The van der Waals surface area contributed by atoms with Crippen LogP contribution in [0.3, 0.4) is 0 Å². The molecule has 2 aliphatic rings. The summed E-state index contributed by atoms with van der Waals surface area (Å²) in [5.41, 5.74) is 1.40. The monoisotopic (exact) mass is 523 g/mol. The van der Waals surface area contributed by atoms with Crippen LogP contribution in [0.1, 0.15) is 41.1 Å². The Bertz CT molecular complexity index is 1420. The molecule has 3 aromatic rings. The molecule has 2 aromatic carbocycles. The molecule has 3 heterocycles. The molecule has 0 radical (unpaired) electrons. The number of aromatic nitrogens is 3. The summed E-state index contributed by atoms with van der Waals surface area (Å²) in [5, 5.41) is 8.93. The molecule has 2 amide bonds. The van der Waals surface area contributed by atoms with Gasteiger partial charge in [0.1, 0.15) is 15.8 Å². The van der Waals surface area contributed by atoms with E-state index < -0.39 is 49.9 Å². The van der Waals surface area contributed by atoms with E-state index in [1.54, 1.807) is 24.3 Å². The number of rotatable bonds is 7.